The Morgan fingerprint density at radius 3 is 2.56 bits per heavy atom. The van der Waals surface area contributed by atoms with Gasteiger partial charge in [-0.2, -0.15) is 0 Å². The number of carbonyl (C=O) groups excluding carboxylic acids is 3. The van der Waals surface area contributed by atoms with Gasteiger partial charge in [-0.1, -0.05) is 18.2 Å². The highest BCUT2D eigenvalue weighted by molar-refractivity contribution is 6.15. The van der Waals surface area contributed by atoms with Gasteiger partial charge in [0, 0.05) is 42.5 Å². The first-order valence-electron chi connectivity index (χ1n) is 10.6. The number of para-hydroxylation sites is 1. The van der Waals surface area contributed by atoms with Crippen LogP contribution < -0.4 is 10.2 Å². The van der Waals surface area contributed by atoms with Crippen LogP contribution in [0.4, 0.5) is 17.1 Å². The highest BCUT2D eigenvalue weighted by atomic mass is 16.6. The van der Waals surface area contributed by atoms with Gasteiger partial charge < -0.3 is 20.1 Å². The molecule has 0 aromatic heterocycles. The average molecular weight is 466 g/mol. The Morgan fingerprint density at radius 2 is 1.88 bits per heavy atom. The number of nitrogens with zero attached hydrogens (tertiary/aromatic N) is 3. The number of ether oxygens (including phenoxy) is 1. The fourth-order valence-electron chi connectivity index (χ4n) is 6.17. The number of non-ortho nitro benzene ring substituents is 1. The lowest BCUT2D eigenvalue weighted by molar-refractivity contribution is -0.385. The van der Waals surface area contributed by atoms with Crippen LogP contribution in [-0.2, 0) is 30.3 Å². The molecule has 0 bridgehead atoms. The van der Waals surface area contributed by atoms with Crippen molar-refractivity contribution in [2.45, 2.75) is 17.6 Å². The minimum Gasteiger partial charge on any atom is -0.468 e. The van der Waals surface area contributed by atoms with Gasteiger partial charge in [0.2, 0.25) is 0 Å². The van der Waals surface area contributed by atoms with E-state index in [0.717, 1.165) is 18.1 Å². The third-order valence-corrected chi connectivity index (χ3v) is 7.61. The molecule has 3 aliphatic rings. The maximum Gasteiger partial charge on any atom is 0.318 e. The molecule has 3 unspecified atom stereocenters. The van der Waals surface area contributed by atoms with E-state index in [1.807, 2.05) is 0 Å². The summed E-state index contributed by atoms with van der Waals surface area (Å²) in [6.07, 6.45) is -0.115. The van der Waals surface area contributed by atoms with Crippen molar-refractivity contribution in [3.63, 3.8) is 0 Å². The predicted octanol–water partition coefficient (Wildman–Crippen LogP) is 1.10. The summed E-state index contributed by atoms with van der Waals surface area (Å²) in [4.78, 5) is 55.0. The second-order valence-electron chi connectivity index (χ2n) is 8.81. The summed E-state index contributed by atoms with van der Waals surface area (Å²) in [7, 11) is 4.16. The first kappa shape index (κ1) is 22.0. The van der Waals surface area contributed by atoms with Crippen LogP contribution in [0.2, 0.25) is 0 Å². The number of carbonyl (C=O) groups is 3. The molecule has 2 amide bonds. The topological polar surface area (TPSA) is 142 Å². The number of nitro groups is 1. The van der Waals surface area contributed by atoms with Crippen LogP contribution in [0.25, 0.3) is 0 Å². The van der Waals surface area contributed by atoms with Gasteiger partial charge in [0.15, 0.2) is 5.60 Å². The SMILES string of the molecule is COC(=O)C1(C2(O)C(=O)N(C)c3ccc([N+](=O)[O-])cc32)CCN(C)C12C(=O)Nc1ccccc12. The van der Waals surface area contributed by atoms with Crippen LogP contribution in [0.3, 0.4) is 0 Å². The summed E-state index contributed by atoms with van der Waals surface area (Å²) >= 11 is 0. The number of hydrogen-bond acceptors (Lipinski definition) is 8. The molecule has 0 aliphatic carbocycles. The van der Waals surface area contributed by atoms with Gasteiger partial charge >= 0.3 is 5.97 Å². The number of methoxy groups -OCH3 is 1. The quantitative estimate of drug-likeness (QED) is 0.389. The molecule has 1 fully saturated rings. The van der Waals surface area contributed by atoms with Crippen molar-refractivity contribution in [3.05, 3.63) is 63.7 Å². The van der Waals surface area contributed by atoms with Crippen LogP contribution in [-0.4, -0.2) is 60.5 Å². The van der Waals surface area contributed by atoms with Crippen LogP contribution in [0.1, 0.15) is 17.5 Å². The Bertz CT molecular complexity index is 1300. The Kier molecular flexibility index (Phi) is 4.42. The summed E-state index contributed by atoms with van der Waals surface area (Å²) in [6.45, 7) is 0.167. The number of rotatable bonds is 3. The number of anilines is 2. The van der Waals surface area contributed by atoms with Gasteiger partial charge in [-0.15, -0.1) is 0 Å². The van der Waals surface area contributed by atoms with E-state index in [1.54, 1.807) is 36.2 Å². The fourth-order valence-corrected chi connectivity index (χ4v) is 6.17. The molecular formula is C23H22N4O7. The van der Waals surface area contributed by atoms with E-state index in [9.17, 15) is 29.6 Å². The van der Waals surface area contributed by atoms with Gasteiger partial charge in [0.25, 0.3) is 17.5 Å². The standard InChI is InChI=1S/C23H22N4O7/c1-25-11-10-21(20(30)34-3,22(25)14-6-4-5-7-16(14)24-18(22)28)23(31)15-12-13(27(32)33)8-9-17(15)26(2)19(23)29/h4-9,12,31H,10-11H2,1-3H3,(H,24,28). The van der Waals surface area contributed by atoms with E-state index in [1.165, 1.54) is 19.2 Å². The lowest BCUT2D eigenvalue weighted by Gasteiger charge is -2.49. The van der Waals surface area contributed by atoms with Crippen molar-refractivity contribution in [1.29, 1.82) is 0 Å². The lowest BCUT2D eigenvalue weighted by Crippen LogP contribution is -2.68. The molecule has 5 rings (SSSR count). The molecular weight excluding hydrogens is 444 g/mol. The molecule has 2 aromatic rings. The van der Waals surface area contributed by atoms with Crippen molar-refractivity contribution in [2.75, 3.05) is 38.0 Å². The minimum atomic E-state index is -2.63. The zero-order valence-corrected chi connectivity index (χ0v) is 18.7. The summed E-state index contributed by atoms with van der Waals surface area (Å²) in [5, 5.41) is 26.7. The molecule has 0 saturated carbocycles. The van der Waals surface area contributed by atoms with E-state index in [2.05, 4.69) is 5.32 Å². The fraction of sp³-hybridized carbons (Fsp3) is 0.348. The lowest BCUT2D eigenvalue weighted by atomic mass is 9.56. The van der Waals surface area contributed by atoms with Gasteiger partial charge in [0.05, 0.1) is 17.7 Å². The molecule has 1 spiro atoms. The van der Waals surface area contributed by atoms with Gasteiger partial charge in [0.1, 0.15) is 11.0 Å². The van der Waals surface area contributed by atoms with E-state index in [0.29, 0.717) is 11.3 Å². The van der Waals surface area contributed by atoms with E-state index < -0.39 is 39.3 Å². The number of aliphatic hydroxyl groups is 1. The molecule has 3 aliphatic heterocycles. The maximum absolute atomic E-state index is 13.8. The average Bonchev–Trinajstić information content (AvgIpc) is 3.38. The van der Waals surface area contributed by atoms with Crippen molar-refractivity contribution in [3.8, 4) is 0 Å². The first-order valence-corrected chi connectivity index (χ1v) is 10.6. The normalized spacial score (nSPS) is 29.8. The maximum atomic E-state index is 13.8. The van der Waals surface area contributed by atoms with Crippen molar-refractivity contribution >= 4 is 34.8 Å². The van der Waals surface area contributed by atoms with Crippen LogP contribution in [0.5, 0.6) is 0 Å². The molecule has 1 saturated heterocycles. The molecule has 3 heterocycles. The number of hydrogen-bond donors (Lipinski definition) is 2. The Labute approximate surface area is 194 Å². The third-order valence-electron chi connectivity index (χ3n) is 7.61. The van der Waals surface area contributed by atoms with Gasteiger partial charge in [-0.25, -0.2) is 0 Å². The van der Waals surface area contributed by atoms with E-state index in [-0.39, 0.29) is 29.9 Å². The first-order chi connectivity index (χ1) is 16.1. The zero-order valence-electron chi connectivity index (χ0n) is 18.7. The number of amides is 2. The Morgan fingerprint density at radius 1 is 1.18 bits per heavy atom. The summed E-state index contributed by atoms with van der Waals surface area (Å²) in [5.74, 6) is -2.44. The molecule has 0 radical (unpaired) electrons. The molecule has 3 atom stereocenters. The second kappa shape index (κ2) is 6.84. The molecule has 11 nitrogen and oxygen atoms in total. The summed E-state index contributed by atoms with van der Waals surface area (Å²) in [6, 6.07) is 10.4. The summed E-state index contributed by atoms with van der Waals surface area (Å²) in [5.41, 5.74) is -6.01. The summed E-state index contributed by atoms with van der Waals surface area (Å²) < 4.78 is 5.18. The van der Waals surface area contributed by atoms with Crippen molar-refractivity contribution in [2.24, 2.45) is 5.41 Å². The van der Waals surface area contributed by atoms with Crippen molar-refractivity contribution in [1.82, 2.24) is 4.90 Å². The largest absolute Gasteiger partial charge is 0.468 e. The number of likely N-dealkylation sites (tertiary alicyclic amines) is 1. The monoisotopic (exact) mass is 466 g/mol. The van der Waals surface area contributed by atoms with Crippen LogP contribution in [0, 0.1) is 15.5 Å². The van der Waals surface area contributed by atoms with Gasteiger partial charge in [-0.05, 0) is 25.6 Å². The zero-order chi connectivity index (χ0) is 24.6. The number of esters is 1. The number of nitrogens with one attached hydrogen (secondary N) is 1. The number of likely N-dealkylation sites (N-methyl/N-ethyl adjacent to an activating group) is 2. The van der Waals surface area contributed by atoms with Crippen LogP contribution >= 0.6 is 0 Å². The van der Waals surface area contributed by atoms with Crippen LogP contribution in [0.15, 0.2) is 42.5 Å². The molecule has 34 heavy (non-hydrogen) atoms. The predicted molar refractivity (Wildman–Crippen MR) is 119 cm³/mol. The highest BCUT2D eigenvalue weighted by Crippen LogP contribution is 2.66. The van der Waals surface area contributed by atoms with E-state index >= 15 is 0 Å². The molecule has 11 heteroatoms. The van der Waals surface area contributed by atoms with Crippen molar-refractivity contribution < 1.29 is 29.2 Å². The third kappa shape index (κ3) is 2.16. The highest BCUT2D eigenvalue weighted by Gasteiger charge is 2.81. The number of benzene rings is 2. The Balaban J connectivity index is 1.92. The second-order valence-corrected chi connectivity index (χ2v) is 8.81. The van der Waals surface area contributed by atoms with E-state index in [4.69, 9.17) is 4.74 Å². The number of fused-ring (bicyclic) bond motifs is 3. The molecule has 2 aromatic carbocycles. The Hall–Kier alpha value is -3.83. The number of nitro benzene ring substituents is 1. The molecule has 2 N–H and O–H groups in total. The minimum absolute atomic E-state index is 0.115. The smallest absolute Gasteiger partial charge is 0.318 e. The van der Waals surface area contributed by atoms with Gasteiger partial charge in [-0.3, -0.25) is 29.4 Å². The molecule has 176 valence electrons.